The van der Waals surface area contributed by atoms with E-state index >= 15 is 0 Å². The topological polar surface area (TPSA) is 20.3 Å². The van der Waals surface area contributed by atoms with Gasteiger partial charge in [0.05, 0.1) is 5.92 Å². The molecule has 1 aliphatic rings. The van der Waals surface area contributed by atoms with Gasteiger partial charge >= 0.3 is 0 Å². The van der Waals surface area contributed by atoms with Gasteiger partial charge in [0.25, 0.3) is 0 Å². The first-order valence-electron chi connectivity index (χ1n) is 9.75. The minimum absolute atomic E-state index is 0.172. The predicted molar refractivity (Wildman–Crippen MR) is 96.0 cm³/mol. The number of rotatable bonds is 13. The first-order chi connectivity index (χ1) is 10.8. The molecule has 1 rings (SSSR count). The van der Waals surface area contributed by atoms with Crippen molar-refractivity contribution in [2.24, 2.45) is 5.92 Å². The Hall–Kier alpha value is -0.790. The molecule has 0 radical (unpaired) electrons. The Balaban J connectivity index is 2.00. The summed E-state index contributed by atoms with van der Waals surface area (Å²) in [7, 11) is 0. The summed E-state index contributed by atoms with van der Waals surface area (Å²) in [6, 6.07) is 0. The van der Waals surface area contributed by atoms with Gasteiger partial charge in [0, 0.05) is 13.1 Å². The van der Waals surface area contributed by atoms with Gasteiger partial charge in [-0.05, 0) is 25.7 Å². The Morgan fingerprint density at radius 2 is 1.59 bits per heavy atom. The zero-order valence-corrected chi connectivity index (χ0v) is 15.0. The molecule has 1 saturated heterocycles. The number of likely N-dealkylation sites (tertiary alicyclic amines) is 1. The summed E-state index contributed by atoms with van der Waals surface area (Å²) < 4.78 is 0. The zero-order valence-electron chi connectivity index (χ0n) is 15.0. The SMILES string of the molecule is CCCCCCCCCCC=CC1CCN(CCCC)C1=O. The predicted octanol–water partition coefficient (Wildman–Crippen LogP) is 5.72. The molecule has 0 spiro atoms. The van der Waals surface area contributed by atoms with E-state index in [4.69, 9.17) is 0 Å². The monoisotopic (exact) mass is 307 g/mol. The Morgan fingerprint density at radius 3 is 2.27 bits per heavy atom. The van der Waals surface area contributed by atoms with Gasteiger partial charge in [-0.1, -0.05) is 77.4 Å². The third-order valence-electron chi connectivity index (χ3n) is 4.71. The van der Waals surface area contributed by atoms with Gasteiger partial charge in [0.15, 0.2) is 0 Å². The van der Waals surface area contributed by atoms with E-state index in [2.05, 4.69) is 30.9 Å². The van der Waals surface area contributed by atoms with E-state index in [-0.39, 0.29) is 5.92 Å². The molecule has 0 bridgehead atoms. The van der Waals surface area contributed by atoms with E-state index in [9.17, 15) is 4.79 Å². The molecular formula is C20H37NO. The van der Waals surface area contributed by atoms with Gasteiger partial charge in [0.2, 0.25) is 5.91 Å². The molecule has 1 heterocycles. The van der Waals surface area contributed by atoms with Crippen LogP contribution in [0.2, 0.25) is 0 Å². The fourth-order valence-electron chi connectivity index (χ4n) is 3.17. The molecule has 1 aliphatic heterocycles. The number of amides is 1. The van der Waals surface area contributed by atoms with Crippen molar-refractivity contribution < 1.29 is 4.79 Å². The number of carbonyl (C=O) groups excluding carboxylic acids is 1. The van der Waals surface area contributed by atoms with E-state index in [1.165, 1.54) is 57.8 Å². The van der Waals surface area contributed by atoms with Crippen LogP contribution in [0.4, 0.5) is 0 Å². The van der Waals surface area contributed by atoms with Crippen LogP contribution in [-0.4, -0.2) is 23.9 Å². The van der Waals surface area contributed by atoms with Gasteiger partial charge < -0.3 is 4.90 Å². The standard InChI is InChI=1S/C20H37NO/c1-3-5-7-8-9-10-11-12-13-14-15-19-16-18-21(20(19)22)17-6-4-2/h14-15,19H,3-13,16-18H2,1-2H3. The molecule has 128 valence electrons. The molecule has 22 heavy (non-hydrogen) atoms. The quantitative estimate of drug-likeness (QED) is 0.315. The third-order valence-corrected chi connectivity index (χ3v) is 4.71. The van der Waals surface area contributed by atoms with Gasteiger partial charge in [-0.15, -0.1) is 0 Å². The zero-order chi connectivity index (χ0) is 16.0. The minimum atomic E-state index is 0.172. The Kier molecular flexibility index (Phi) is 11.1. The van der Waals surface area contributed by atoms with Crippen molar-refractivity contribution in [3.8, 4) is 0 Å². The van der Waals surface area contributed by atoms with Crippen molar-refractivity contribution in [3.05, 3.63) is 12.2 Å². The van der Waals surface area contributed by atoms with Crippen LogP contribution in [0.25, 0.3) is 0 Å². The van der Waals surface area contributed by atoms with Crippen LogP contribution >= 0.6 is 0 Å². The highest BCUT2D eigenvalue weighted by Gasteiger charge is 2.28. The number of hydrogen-bond acceptors (Lipinski definition) is 1. The highest BCUT2D eigenvalue weighted by molar-refractivity contribution is 5.82. The molecule has 0 aromatic heterocycles. The van der Waals surface area contributed by atoms with Crippen molar-refractivity contribution in [3.63, 3.8) is 0 Å². The van der Waals surface area contributed by atoms with Crippen LogP contribution in [0.1, 0.15) is 90.9 Å². The van der Waals surface area contributed by atoms with E-state index in [0.29, 0.717) is 5.91 Å². The second kappa shape index (κ2) is 12.7. The summed E-state index contributed by atoms with van der Waals surface area (Å²) in [4.78, 5) is 14.2. The lowest BCUT2D eigenvalue weighted by molar-refractivity contribution is -0.129. The molecule has 1 fully saturated rings. The molecule has 1 atom stereocenters. The molecule has 0 aliphatic carbocycles. The van der Waals surface area contributed by atoms with Crippen LogP contribution in [0.5, 0.6) is 0 Å². The summed E-state index contributed by atoms with van der Waals surface area (Å²) in [6.45, 7) is 6.37. The molecule has 0 aromatic carbocycles. The van der Waals surface area contributed by atoms with Gasteiger partial charge in [-0.2, -0.15) is 0 Å². The molecule has 0 saturated carbocycles. The molecule has 1 amide bonds. The van der Waals surface area contributed by atoms with Crippen molar-refractivity contribution in [1.29, 1.82) is 0 Å². The smallest absolute Gasteiger partial charge is 0.229 e. The molecule has 1 unspecified atom stereocenters. The normalized spacial score (nSPS) is 18.7. The van der Waals surface area contributed by atoms with Crippen LogP contribution < -0.4 is 0 Å². The lowest BCUT2D eigenvalue weighted by atomic mass is 10.0. The van der Waals surface area contributed by atoms with E-state index in [1.54, 1.807) is 0 Å². The third kappa shape index (κ3) is 8.00. The van der Waals surface area contributed by atoms with Crippen molar-refractivity contribution in [1.82, 2.24) is 4.90 Å². The molecule has 0 aromatic rings. The largest absolute Gasteiger partial charge is 0.342 e. The first-order valence-corrected chi connectivity index (χ1v) is 9.75. The summed E-state index contributed by atoms with van der Waals surface area (Å²) in [6.07, 6.45) is 19.9. The number of nitrogens with zero attached hydrogens (tertiary/aromatic N) is 1. The van der Waals surface area contributed by atoms with Gasteiger partial charge in [0.1, 0.15) is 0 Å². The van der Waals surface area contributed by atoms with Crippen LogP contribution in [0, 0.1) is 5.92 Å². The fraction of sp³-hybridized carbons (Fsp3) is 0.850. The molecular weight excluding hydrogens is 270 g/mol. The van der Waals surface area contributed by atoms with E-state index in [1.807, 2.05) is 0 Å². The number of unbranched alkanes of at least 4 members (excludes halogenated alkanes) is 9. The highest BCUT2D eigenvalue weighted by atomic mass is 16.2. The maximum absolute atomic E-state index is 12.2. The van der Waals surface area contributed by atoms with Crippen LogP contribution in [0.15, 0.2) is 12.2 Å². The molecule has 2 nitrogen and oxygen atoms in total. The Labute approximate surface area is 138 Å². The van der Waals surface area contributed by atoms with Crippen molar-refractivity contribution >= 4 is 5.91 Å². The summed E-state index contributed by atoms with van der Waals surface area (Å²) in [5.74, 6) is 0.534. The minimum Gasteiger partial charge on any atom is -0.342 e. The second-order valence-electron chi connectivity index (χ2n) is 6.77. The second-order valence-corrected chi connectivity index (χ2v) is 6.77. The number of carbonyl (C=O) groups is 1. The van der Waals surface area contributed by atoms with Crippen molar-refractivity contribution in [2.45, 2.75) is 90.9 Å². The van der Waals surface area contributed by atoms with Gasteiger partial charge in [-0.3, -0.25) is 4.79 Å². The van der Waals surface area contributed by atoms with Gasteiger partial charge in [-0.25, -0.2) is 0 Å². The lowest BCUT2D eigenvalue weighted by Crippen LogP contribution is -2.27. The highest BCUT2D eigenvalue weighted by Crippen LogP contribution is 2.20. The summed E-state index contributed by atoms with van der Waals surface area (Å²) >= 11 is 0. The average Bonchev–Trinajstić information content (AvgIpc) is 2.87. The summed E-state index contributed by atoms with van der Waals surface area (Å²) in [5.41, 5.74) is 0. The average molecular weight is 308 g/mol. The number of hydrogen-bond donors (Lipinski definition) is 0. The number of allylic oxidation sites excluding steroid dienone is 1. The summed E-state index contributed by atoms with van der Waals surface area (Å²) in [5, 5.41) is 0. The molecule has 2 heteroatoms. The van der Waals surface area contributed by atoms with E-state index < -0.39 is 0 Å². The Morgan fingerprint density at radius 1 is 0.955 bits per heavy atom. The Bertz CT molecular complexity index is 311. The lowest BCUT2D eigenvalue weighted by Gasteiger charge is -2.15. The first kappa shape index (κ1) is 19.3. The van der Waals surface area contributed by atoms with Crippen molar-refractivity contribution in [2.75, 3.05) is 13.1 Å². The fourth-order valence-corrected chi connectivity index (χ4v) is 3.17. The molecule has 0 N–H and O–H groups in total. The maximum atomic E-state index is 12.2. The maximum Gasteiger partial charge on any atom is 0.229 e. The van der Waals surface area contributed by atoms with E-state index in [0.717, 1.165) is 32.4 Å². The van der Waals surface area contributed by atoms with Crippen LogP contribution in [0.3, 0.4) is 0 Å². The van der Waals surface area contributed by atoms with Crippen LogP contribution in [-0.2, 0) is 4.79 Å².